The van der Waals surface area contributed by atoms with Gasteiger partial charge in [0.25, 0.3) is 0 Å². The van der Waals surface area contributed by atoms with E-state index >= 15 is 0 Å². The Hall–Kier alpha value is -2.41. The van der Waals surface area contributed by atoms with Gasteiger partial charge in [-0.25, -0.2) is 9.97 Å². The van der Waals surface area contributed by atoms with Crippen LogP contribution in [0.15, 0.2) is 59.3 Å². The van der Waals surface area contributed by atoms with Crippen molar-refractivity contribution in [2.45, 2.75) is 6.92 Å². The highest BCUT2D eigenvalue weighted by Gasteiger charge is 2.02. The Balaban J connectivity index is 0.000000167. The van der Waals surface area contributed by atoms with E-state index in [1.807, 2.05) is 37.3 Å². The summed E-state index contributed by atoms with van der Waals surface area (Å²) in [5.41, 5.74) is 4.88. The summed E-state index contributed by atoms with van der Waals surface area (Å²) in [6, 6.07) is 10.9. The van der Waals surface area contributed by atoms with E-state index in [1.54, 1.807) is 24.5 Å². The molecule has 4 heterocycles. The molecule has 0 atom stereocenters. The molecule has 0 aliphatic carbocycles. The molecular formula is C20H14BrCl2N5. The maximum atomic E-state index is 7.28. The first-order chi connectivity index (χ1) is 13.5. The van der Waals surface area contributed by atoms with Crippen molar-refractivity contribution >= 4 is 73.0 Å². The molecule has 28 heavy (non-hydrogen) atoms. The van der Waals surface area contributed by atoms with Crippen LogP contribution in [-0.2, 0) is 0 Å². The largest absolute Gasteiger partial charge is 0.308 e. The highest BCUT2D eigenvalue weighted by atomic mass is 79.9. The fourth-order valence-electron chi connectivity index (χ4n) is 2.43. The molecule has 8 heteroatoms. The molecule has 0 amide bonds. The van der Waals surface area contributed by atoms with Crippen LogP contribution in [0.25, 0.3) is 27.6 Å². The molecule has 0 bridgehead atoms. The number of allylic oxidation sites excluding steroid dienone is 2. The second-order valence-corrected chi connectivity index (χ2v) is 7.30. The second-order valence-electron chi connectivity index (χ2n) is 5.61. The van der Waals surface area contributed by atoms with E-state index in [-0.39, 0.29) is 0 Å². The summed E-state index contributed by atoms with van der Waals surface area (Å²) in [6.45, 7) is 1.88. The molecule has 0 aliphatic rings. The molecule has 4 rings (SSSR count). The lowest BCUT2D eigenvalue weighted by atomic mass is 10.1. The van der Waals surface area contributed by atoms with Gasteiger partial charge in [-0.3, -0.25) is 9.97 Å². The van der Waals surface area contributed by atoms with Gasteiger partial charge in [0.2, 0.25) is 0 Å². The molecule has 0 saturated heterocycles. The summed E-state index contributed by atoms with van der Waals surface area (Å²) in [6.07, 6.45) is 6.63. The van der Waals surface area contributed by atoms with E-state index in [9.17, 15) is 0 Å². The number of nitrogens with zero attached hydrogens (tertiary/aromatic N) is 4. The van der Waals surface area contributed by atoms with Gasteiger partial charge >= 0.3 is 0 Å². The van der Waals surface area contributed by atoms with E-state index < -0.39 is 0 Å². The third-order valence-electron chi connectivity index (χ3n) is 3.77. The fourth-order valence-corrected chi connectivity index (χ4v) is 3.06. The van der Waals surface area contributed by atoms with Gasteiger partial charge in [0.15, 0.2) is 0 Å². The molecule has 140 valence electrons. The SMILES string of the molecule is C/C=C(\C=N)c1cnc2ccc(Cl)nc2c1.Clc1ccc2ncc(Br)cc2n1. The highest BCUT2D eigenvalue weighted by Crippen LogP contribution is 2.19. The molecular weight excluding hydrogens is 461 g/mol. The molecule has 0 unspecified atom stereocenters. The summed E-state index contributed by atoms with van der Waals surface area (Å²) in [5.74, 6) is 0. The smallest absolute Gasteiger partial charge is 0.129 e. The van der Waals surface area contributed by atoms with Crippen molar-refractivity contribution in [3.05, 3.63) is 75.2 Å². The molecule has 4 aromatic heterocycles. The van der Waals surface area contributed by atoms with Crippen molar-refractivity contribution in [1.82, 2.24) is 19.9 Å². The van der Waals surface area contributed by atoms with E-state index in [1.165, 1.54) is 6.21 Å². The second kappa shape index (κ2) is 9.19. The molecule has 0 radical (unpaired) electrons. The van der Waals surface area contributed by atoms with Crippen molar-refractivity contribution < 1.29 is 0 Å². The van der Waals surface area contributed by atoms with E-state index in [4.69, 9.17) is 28.6 Å². The van der Waals surface area contributed by atoms with E-state index in [2.05, 4.69) is 35.9 Å². The molecule has 5 nitrogen and oxygen atoms in total. The maximum Gasteiger partial charge on any atom is 0.129 e. The third-order valence-corrected chi connectivity index (χ3v) is 4.63. The number of hydrogen-bond acceptors (Lipinski definition) is 5. The minimum atomic E-state index is 0.448. The van der Waals surface area contributed by atoms with Gasteiger partial charge < -0.3 is 5.41 Å². The third kappa shape index (κ3) is 4.90. The van der Waals surface area contributed by atoms with Crippen LogP contribution in [0.1, 0.15) is 12.5 Å². The topological polar surface area (TPSA) is 75.4 Å². The molecule has 1 N–H and O–H groups in total. The minimum Gasteiger partial charge on any atom is -0.308 e. The van der Waals surface area contributed by atoms with Crippen molar-refractivity contribution in [3.8, 4) is 0 Å². The normalized spacial score (nSPS) is 11.2. The lowest BCUT2D eigenvalue weighted by Crippen LogP contribution is -1.90. The van der Waals surface area contributed by atoms with E-state index in [0.29, 0.717) is 10.3 Å². The van der Waals surface area contributed by atoms with Gasteiger partial charge in [0.05, 0.1) is 22.1 Å². The lowest BCUT2D eigenvalue weighted by Gasteiger charge is -2.02. The van der Waals surface area contributed by atoms with Crippen LogP contribution in [0, 0.1) is 5.41 Å². The molecule has 0 aliphatic heterocycles. The summed E-state index contributed by atoms with van der Waals surface area (Å²) < 4.78 is 0.907. The van der Waals surface area contributed by atoms with Gasteiger partial charge in [-0.15, -0.1) is 0 Å². The molecule has 0 fully saturated rings. The first kappa shape index (κ1) is 20.3. The number of rotatable bonds is 2. The number of nitrogens with one attached hydrogen (secondary N) is 1. The Bertz CT molecular complexity index is 1160. The Morgan fingerprint density at radius 3 is 2.04 bits per heavy atom. The Labute approximate surface area is 180 Å². The Kier molecular flexibility index (Phi) is 6.67. The van der Waals surface area contributed by atoms with Gasteiger partial charge in [0.1, 0.15) is 10.3 Å². The van der Waals surface area contributed by atoms with Gasteiger partial charge in [-0.2, -0.15) is 0 Å². The lowest BCUT2D eigenvalue weighted by molar-refractivity contribution is 1.32. The predicted octanol–water partition coefficient (Wildman–Crippen LogP) is 6.38. The molecule has 0 aromatic carbocycles. The van der Waals surface area contributed by atoms with Crippen molar-refractivity contribution in [3.63, 3.8) is 0 Å². The number of halogens is 3. The average Bonchev–Trinajstić information content (AvgIpc) is 2.69. The zero-order valence-electron chi connectivity index (χ0n) is 14.7. The van der Waals surface area contributed by atoms with Crippen molar-refractivity contribution in [1.29, 1.82) is 5.41 Å². The molecule has 4 aromatic rings. The molecule has 0 spiro atoms. The number of fused-ring (bicyclic) bond motifs is 2. The number of pyridine rings is 4. The maximum absolute atomic E-state index is 7.28. The van der Waals surface area contributed by atoms with Gasteiger partial charge in [-0.1, -0.05) is 29.3 Å². The van der Waals surface area contributed by atoms with Crippen LogP contribution in [0.4, 0.5) is 0 Å². The molecule has 0 saturated carbocycles. The average molecular weight is 475 g/mol. The van der Waals surface area contributed by atoms with Crippen LogP contribution in [0.5, 0.6) is 0 Å². The quantitative estimate of drug-likeness (QED) is 0.270. The monoisotopic (exact) mass is 473 g/mol. The first-order valence-electron chi connectivity index (χ1n) is 8.17. The van der Waals surface area contributed by atoms with E-state index in [0.717, 1.165) is 37.7 Å². The Morgan fingerprint density at radius 2 is 1.46 bits per heavy atom. The fraction of sp³-hybridized carbons (Fsp3) is 0.0500. The van der Waals surface area contributed by atoms with Gasteiger partial charge in [-0.05, 0) is 64.8 Å². The van der Waals surface area contributed by atoms with Gasteiger partial charge in [0, 0.05) is 28.6 Å². The first-order valence-corrected chi connectivity index (χ1v) is 9.72. The summed E-state index contributed by atoms with van der Waals surface area (Å²) in [5, 5.41) is 8.22. The number of aromatic nitrogens is 4. The Morgan fingerprint density at radius 1 is 0.893 bits per heavy atom. The van der Waals surface area contributed by atoms with Crippen LogP contribution < -0.4 is 0 Å². The summed E-state index contributed by atoms with van der Waals surface area (Å²) in [7, 11) is 0. The zero-order chi connectivity index (χ0) is 20.1. The highest BCUT2D eigenvalue weighted by molar-refractivity contribution is 9.10. The van der Waals surface area contributed by atoms with Crippen LogP contribution >= 0.6 is 39.1 Å². The zero-order valence-corrected chi connectivity index (χ0v) is 17.8. The minimum absolute atomic E-state index is 0.448. The number of hydrogen-bond donors (Lipinski definition) is 1. The summed E-state index contributed by atoms with van der Waals surface area (Å²) >= 11 is 14.8. The van der Waals surface area contributed by atoms with Crippen LogP contribution in [-0.4, -0.2) is 26.2 Å². The standard InChI is InChI=1S/C12H10ClN3.C8H4BrClN2/c1-2-8(6-14)9-5-11-10(15-7-9)3-4-12(13)16-11;9-5-3-7-6(11-4-5)1-2-8(10)12-7/h2-7,14H,1H3;1-4H/b8-2+,14-6?;. The van der Waals surface area contributed by atoms with Crippen LogP contribution in [0.3, 0.4) is 0 Å². The van der Waals surface area contributed by atoms with Crippen molar-refractivity contribution in [2.75, 3.05) is 0 Å². The van der Waals surface area contributed by atoms with Crippen LogP contribution in [0.2, 0.25) is 10.3 Å². The van der Waals surface area contributed by atoms with Crippen molar-refractivity contribution in [2.24, 2.45) is 0 Å². The summed E-state index contributed by atoms with van der Waals surface area (Å²) in [4.78, 5) is 16.7. The predicted molar refractivity (Wildman–Crippen MR) is 119 cm³/mol.